The number of rotatable bonds is 7. The van der Waals surface area contributed by atoms with Gasteiger partial charge in [0.05, 0.1) is 0 Å². The van der Waals surface area contributed by atoms with Gasteiger partial charge >= 0.3 is 0 Å². The first-order valence-corrected chi connectivity index (χ1v) is 10.3. The Kier molecular flexibility index (Phi) is 5.86. The predicted molar refractivity (Wildman–Crippen MR) is 116 cm³/mol. The van der Waals surface area contributed by atoms with Gasteiger partial charge in [-0.25, -0.2) is 0 Å². The highest BCUT2D eigenvalue weighted by atomic mass is 32.2. The predicted octanol–water partition coefficient (Wildman–Crippen LogP) is 5.12. The van der Waals surface area contributed by atoms with E-state index in [1.165, 1.54) is 17.3 Å². The van der Waals surface area contributed by atoms with E-state index in [9.17, 15) is 4.79 Å². The second-order valence-corrected chi connectivity index (χ2v) is 7.83. The zero-order valence-corrected chi connectivity index (χ0v) is 16.9. The third-order valence-electron chi connectivity index (χ3n) is 4.75. The summed E-state index contributed by atoms with van der Waals surface area (Å²) in [5, 5.41) is 9.09. The number of thioether (sulfide) groups is 1. The second-order valence-electron chi connectivity index (χ2n) is 6.76. The Hall–Kier alpha value is -3.18. The summed E-state index contributed by atoms with van der Waals surface area (Å²) in [7, 11) is 1.95. The minimum absolute atomic E-state index is 0.0643. The summed E-state index contributed by atoms with van der Waals surface area (Å²) in [6, 6.07) is 29.4. The number of hydrogen-bond acceptors (Lipinski definition) is 4. The summed E-state index contributed by atoms with van der Waals surface area (Å²) in [5.74, 6) is 0.937. The van der Waals surface area contributed by atoms with Crippen molar-refractivity contribution in [2.45, 2.75) is 16.8 Å². The van der Waals surface area contributed by atoms with Gasteiger partial charge < -0.3 is 4.57 Å². The van der Waals surface area contributed by atoms with Crippen molar-refractivity contribution < 1.29 is 4.79 Å². The molecule has 0 amide bonds. The summed E-state index contributed by atoms with van der Waals surface area (Å²) in [6.07, 6.45) is 0.702. The van der Waals surface area contributed by atoms with E-state index in [0.29, 0.717) is 12.0 Å². The maximum absolute atomic E-state index is 13.3. The topological polar surface area (TPSA) is 47.8 Å². The summed E-state index contributed by atoms with van der Waals surface area (Å²) in [4.78, 5) is 13.3. The average Bonchev–Trinajstić information content (AvgIpc) is 3.12. The lowest BCUT2D eigenvalue weighted by molar-refractivity contribution is 0.0989. The van der Waals surface area contributed by atoms with Crippen molar-refractivity contribution in [1.29, 1.82) is 0 Å². The maximum Gasteiger partial charge on any atom is 0.192 e. The molecule has 1 heterocycles. The van der Waals surface area contributed by atoms with Crippen LogP contribution in [-0.2, 0) is 13.5 Å². The zero-order valence-electron chi connectivity index (χ0n) is 16.1. The molecule has 4 nitrogen and oxygen atoms in total. The average molecular weight is 400 g/mol. The first kappa shape index (κ1) is 19.2. The molecule has 0 saturated heterocycles. The number of hydrogen-bond donors (Lipinski definition) is 0. The van der Waals surface area contributed by atoms with Crippen LogP contribution in [0.5, 0.6) is 0 Å². The molecule has 0 fully saturated rings. The van der Waals surface area contributed by atoms with Crippen LogP contribution in [0.4, 0.5) is 0 Å². The highest BCUT2D eigenvalue weighted by Crippen LogP contribution is 2.37. The second kappa shape index (κ2) is 8.88. The highest BCUT2D eigenvalue weighted by molar-refractivity contribution is 8.00. The maximum atomic E-state index is 13.3. The number of benzene rings is 3. The van der Waals surface area contributed by atoms with Crippen LogP contribution < -0.4 is 0 Å². The summed E-state index contributed by atoms with van der Waals surface area (Å²) >= 11 is 1.44. The van der Waals surface area contributed by atoms with Gasteiger partial charge in [0.1, 0.15) is 11.1 Å². The Bertz CT molecular complexity index is 1080. The molecule has 0 spiro atoms. The van der Waals surface area contributed by atoms with Gasteiger partial charge in [0.25, 0.3) is 0 Å². The van der Waals surface area contributed by atoms with Crippen LogP contribution in [0.3, 0.4) is 0 Å². The molecule has 5 heteroatoms. The Morgan fingerprint density at radius 1 is 0.862 bits per heavy atom. The summed E-state index contributed by atoms with van der Waals surface area (Å²) in [6.45, 7) is 0. The Balaban J connectivity index is 1.62. The fourth-order valence-electron chi connectivity index (χ4n) is 3.14. The van der Waals surface area contributed by atoms with Gasteiger partial charge in [0.2, 0.25) is 0 Å². The van der Waals surface area contributed by atoms with Crippen molar-refractivity contribution in [3.05, 3.63) is 114 Å². The van der Waals surface area contributed by atoms with Crippen molar-refractivity contribution in [2.24, 2.45) is 7.05 Å². The van der Waals surface area contributed by atoms with Gasteiger partial charge in [0, 0.05) is 19.0 Å². The van der Waals surface area contributed by atoms with E-state index in [0.717, 1.165) is 16.5 Å². The lowest BCUT2D eigenvalue weighted by Crippen LogP contribution is -2.11. The third-order valence-corrected chi connectivity index (χ3v) is 6.04. The fraction of sp³-hybridized carbons (Fsp3) is 0.125. The monoisotopic (exact) mass is 399 g/mol. The van der Waals surface area contributed by atoms with Crippen molar-refractivity contribution in [3.8, 4) is 0 Å². The molecule has 0 saturated carbocycles. The van der Waals surface area contributed by atoms with Crippen molar-refractivity contribution in [2.75, 3.05) is 0 Å². The highest BCUT2D eigenvalue weighted by Gasteiger charge is 2.25. The van der Waals surface area contributed by atoms with Gasteiger partial charge in [0.15, 0.2) is 10.9 Å². The van der Waals surface area contributed by atoms with Crippen LogP contribution in [0.1, 0.15) is 32.6 Å². The number of ketones is 1. The summed E-state index contributed by atoms with van der Waals surface area (Å²) in [5.41, 5.74) is 2.83. The molecule has 1 aromatic heterocycles. The van der Waals surface area contributed by atoms with Gasteiger partial charge in [-0.15, -0.1) is 10.2 Å². The molecule has 0 aliphatic heterocycles. The Morgan fingerprint density at radius 3 is 2.10 bits per heavy atom. The minimum Gasteiger partial charge on any atom is -0.309 e. The molecule has 0 radical (unpaired) electrons. The van der Waals surface area contributed by atoms with E-state index in [2.05, 4.69) is 22.3 Å². The standard InChI is InChI=1S/C24H21N3OS/c1-27-21(17-18-11-5-2-6-12-18)25-26-24(27)29-23(20-15-9-4-10-16-20)22(28)19-13-7-3-8-14-19/h2-16,23H,17H2,1H3. The third kappa shape index (κ3) is 4.46. The van der Waals surface area contributed by atoms with E-state index in [1.807, 2.05) is 90.5 Å². The molecule has 144 valence electrons. The van der Waals surface area contributed by atoms with Gasteiger partial charge in [-0.2, -0.15) is 0 Å². The van der Waals surface area contributed by atoms with E-state index in [4.69, 9.17) is 0 Å². The molecule has 0 N–H and O–H groups in total. The van der Waals surface area contributed by atoms with E-state index in [-0.39, 0.29) is 11.0 Å². The number of carbonyl (C=O) groups is 1. The molecule has 1 atom stereocenters. The first-order chi connectivity index (χ1) is 14.2. The molecule has 1 unspecified atom stereocenters. The number of Topliss-reactive ketones (excluding diaryl/α,β-unsaturated/α-hetero) is 1. The van der Waals surface area contributed by atoms with Crippen LogP contribution in [0, 0.1) is 0 Å². The van der Waals surface area contributed by atoms with Crippen molar-refractivity contribution in [3.63, 3.8) is 0 Å². The van der Waals surface area contributed by atoms with E-state index < -0.39 is 0 Å². The molecular formula is C24H21N3OS. The van der Waals surface area contributed by atoms with Crippen molar-refractivity contribution in [1.82, 2.24) is 14.8 Å². The van der Waals surface area contributed by atoms with E-state index >= 15 is 0 Å². The summed E-state index contributed by atoms with van der Waals surface area (Å²) < 4.78 is 1.98. The Morgan fingerprint density at radius 2 is 1.45 bits per heavy atom. The molecule has 29 heavy (non-hydrogen) atoms. The van der Waals surface area contributed by atoms with Crippen LogP contribution in [0.2, 0.25) is 0 Å². The quantitative estimate of drug-likeness (QED) is 0.320. The molecule has 0 aliphatic carbocycles. The smallest absolute Gasteiger partial charge is 0.192 e. The lowest BCUT2D eigenvalue weighted by atomic mass is 10.0. The number of carbonyl (C=O) groups excluding carboxylic acids is 1. The van der Waals surface area contributed by atoms with Crippen LogP contribution >= 0.6 is 11.8 Å². The van der Waals surface area contributed by atoms with Crippen molar-refractivity contribution >= 4 is 17.5 Å². The lowest BCUT2D eigenvalue weighted by Gasteiger charge is -2.15. The zero-order chi connectivity index (χ0) is 20.1. The molecular weight excluding hydrogens is 378 g/mol. The first-order valence-electron chi connectivity index (χ1n) is 9.45. The Labute approximate surface area is 174 Å². The van der Waals surface area contributed by atoms with Gasteiger partial charge in [-0.05, 0) is 11.1 Å². The largest absolute Gasteiger partial charge is 0.309 e. The molecule has 3 aromatic carbocycles. The molecule has 0 aliphatic rings. The number of aromatic nitrogens is 3. The normalized spacial score (nSPS) is 11.9. The van der Waals surface area contributed by atoms with Gasteiger partial charge in [-0.3, -0.25) is 4.79 Å². The number of nitrogens with zero attached hydrogens (tertiary/aromatic N) is 3. The minimum atomic E-state index is -0.383. The SMILES string of the molecule is Cn1c(Cc2ccccc2)nnc1SC(C(=O)c1ccccc1)c1ccccc1. The van der Waals surface area contributed by atoms with Crippen LogP contribution in [0.25, 0.3) is 0 Å². The fourth-order valence-corrected chi connectivity index (χ4v) is 4.24. The molecule has 0 bridgehead atoms. The van der Waals surface area contributed by atoms with Gasteiger partial charge in [-0.1, -0.05) is 103 Å². The molecule has 4 aromatic rings. The van der Waals surface area contributed by atoms with Crippen LogP contribution in [0.15, 0.2) is 96.2 Å². The van der Waals surface area contributed by atoms with Crippen LogP contribution in [-0.4, -0.2) is 20.5 Å². The molecule has 4 rings (SSSR count). The van der Waals surface area contributed by atoms with E-state index in [1.54, 1.807) is 0 Å².